The molecule has 0 aromatic heterocycles. The highest BCUT2D eigenvalue weighted by molar-refractivity contribution is 6.37. The van der Waals surface area contributed by atoms with Gasteiger partial charge in [-0.2, -0.15) is 0 Å². The summed E-state index contributed by atoms with van der Waals surface area (Å²) in [4.78, 5) is 11.8. The van der Waals surface area contributed by atoms with Crippen LogP contribution in [-0.4, -0.2) is 11.7 Å². The lowest BCUT2D eigenvalue weighted by atomic mass is 10.2. The van der Waals surface area contributed by atoms with Crippen LogP contribution in [0.3, 0.4) is 0 Å². The van der Waals surface area contributed by atoms with Crippen LogP contribution in [0.15, 0.2) is 42.5 Å². The third kappa shape index (κ3) is 5.62. The highest BCUT2D eigenvalue weighted by Gasteiger charge is 2.17. The lowest BCUT2D eigenvalue weighted by Gasteiger charge is -2.20. The van der Waals surface area contributed by atoms with Crippen molar-refractivity contribution >= 4 is 35.0 Å². The van der Waals surface area contributed by atoms with Gasteiger partial charge in [0.2, 0.25) is 0 Å². The number of rotatable bonds is 4. The lowest BCUT2D eigenvalue weighted by Crippen LogP contribution is -2.27. The zero-order valence-electron chi connectivity index (χ0n) is 13.7. The van der Waals surface area contributed by atoms with Crippen LogP contribution in [0.4, 0.5) is 10.5 Å². The van der Waals surface area contributed by atoms with E-state index in [1.54, 1.807) is 32.9 Å². The maximum absolute atomic E-state index is 11.8. The second-order valence-electron chi connectivity index (χ2n) is 6.17. The largest absolute Gasteiger partial charge is 0.486 e. The number of halogens is 2. The number of amides is 1. The average molecular weight is 368 g/mol. The summed E-state index contributed by atoms with van der Waals surface area (Å²) in [5, 5.41) is 3.21. The Morgan fingerprint density at radius 1 is 1.08 bits per heavy atom. The maximum atomic E-state index is 11.8. The van der Waals surface area contributed by atoms with Gasteiger partial charge in [-0.15, -0.1) is 0 Å². The summed E-state index contributed by atoms with van der Waals surface area (Å²) in [6, 6.07) is 12.8. The highest BCUT2D eigenvalue weighted by atomic mass is 35.5. The van der Waals surface area contributed by atoms with Gasteiger partial charge in [-0.25, -0.2) is 4.79 Å². The van der Waals surface area contributed by atoms with Crippen LogP contribution in [0.2, 0.25) is 10.0 Å². The number of nitrogens with one attached hydrogen (secondary N) is 1. The second kappa shape index (κ2) is 7.77. The summed E-state index contributed by atoms with van der Waals surface area (Å²) in [5.41, 5.74) is 0.850. The third-order valence-corrected chi connectivity index (χ3v) is 3.43. The van der Waals surface area contributed by atoms with E-state index in [1.165, 1.54) is 0 Å². The van der Waals surface area contributed by atoms with Gasteiger partial charge in [-0.3, -0.25) is 5.32 Å². The number of anilines is 1. The molecule has 0 aliphatic heterocycles. The molecule has 24 heavy (non-hydrogen) atoms. The molecule has 0 saturated carbocycles. The zero-order chi connectivity index (χ0) is 17.7. The Balaban J connectivity index is 2.06. The van der Waals surface area contributed by atoms with Crippen molar-refractivity contribution in [2.75, 3.05) is 5.32 Å². The van der Waals surface area contributed by atoms with Crippen LogP contribution in [0.5, 0.6) is 5.75 Å². The Hall–Kier alpha value is -1.91. The Morgan fingerprint density at radius 3 is 2.21 bits per heavy atom. The molecule has 0 radical (unpaired) electrons. The number of carbonyl (C=O) groups is 1. The van der Waals surface area contributed by atoms with Gasteiger partial charge in [0.25, 0.3) is 0 Å². The van der Waals surface area contributed by atoms with Gasteiger partial charge in [0.05, 0.1) is 10.0 Å². The minimum atomic E-state index is -0.587. The minimum Gasteiger partial charge on any atom is -0.486 e. The summed E-state index contributed by atoms with van der Waals surface area (Å²) in [5.74, 6) is 0.372. The summed E-state index contributed by atoms with van der Waals surface area (Å²) in [7, 11) is 0. The molecule has 0 bridgehead atoms. The van der Waals surface area contributed by atoms with Crippen LogP contribution >= 0.6 is 23.2 Å². The first kappa shape index (κ1) is 18.4. The fraction of sp³-hybridized carbons (Fsp3) is 0.278. The Kier molecular flexibility index (Phi) is 5.97. The molecule has 2 aromatic carbocycles. The molecule has 128 valence electrons. The van der Waals surface area contributed by atoms with Crippen molar-refractivity contribution in [2.45, 2.75) is 33.0 Å². The number of ether oxygens (including phenoxy) is 2. The molecule has 0 unspecified atom stereocenters. The standard InChI is InChI=1S/C18H19Cl2NO3/c1-18(2,3)24-17(22)21-13-9-14(19)16(15(20)10-13)23-11-12-7-5-4-6-8-12/h4-10H,11H2,1-3H3,(H,21,22). The van der Waals surface area contributed by atoms with Crippen LogP contribution in [-0.2, 0) is 11.3 Å². The lowest BCUT2D eigenvalue weighted by molar-refractivity contribution is 0.0636. The SMILES string of the molecule is CC(C)(C)OC(=O)Nc1cc(Cl)c(OCc2ccccc2)c(Cl)c1. The molecule has 0 atom stereocenters. The van der Waals surface area contributed by atoms with E-state index in [2.05, 4.69) is 5.32 Å². The van der Waals surface area contributed by atoms with Crippen LogP contribution < -0.4 is 10.1 Å². The molecule has 0 aliphatic rings. The first-order chi connectivity index (χ1) is 11.2. The first-order valence-electron chi connectivity index (χ1n) is 7.40. The monoisotopic (exact) mass is 367 g/mol. The molecular formula is C18H19Cl2NO3. The van der Waals surface area contributed by atoms with Gasteiger partial charge in [-0.1, -0.05) is 53.5 Å². The molecule has 1 N–H and O–H groups in total. The average Bonchev–Trinajstić information content (AvgIpc) is 2.45. The summed E-state index contributed by atoms with van der Waals surface area (Å²) >= 11 is 12.4. The summed E-state index contributed by atoms with van der Waals surface area (Å²) in [6.45, 7) is 5.70. The van der Waals surface area contributed by atoms with Crippen molar-refractivity contribution in [3.05, 3.63) is 58.1 Å². The predicted octanol–water partition coefficient (Wildman–Crippen LogP) is 5.92. The first-order valence-corrected chi connectivity index (χ1v) is 8.16. The van der Waals surface area contributed by atoms with E-state index < -0.39 is 11.7 Å². The number of carbonyl (C=O) groups excluding carboxylic acids is 1. The predicted molar refractivity (Wildman–Crippen MR) is 97.1 cm³/mol. The van der Waals surface area contributed by atoms with Crippen LogP contribution in [0, 0.1) is 0 Å². The molecular weight excluding hydrogens is 349 g/mol. The molecule has 0 heterocycles. The van der Waals surface area contributed by atoms with Crippen molar-refractivity contribution in [1.82, 2.24) is 0 Å². The van der Waals surface area contributed by atoms with Gasteiger partial charge < -0.3 is 9.47 Å². The fourth-order valence-electron chi connectivity index (χ4n) is 1.92. The van der Waals surface area contributed by atoms with Crippen molar-refractivity contribution in [3.8, 4) is 5.75 Å². The molecule has 0 saturated heterocycles. The number of hydrogen-bond donors (Lipinski definition) is 1. The summed E-state index contributed by atoms with van der Waals surface area (Å²) < 4.78 is 10.9. The molecule has 2 rings (SSSR count). The molecule has 6 heteroatoms. The molecule has 0 fully saturated rings. The number of benzene rings is 2. The maximum Gasteiger partial charge on any atom is 0.412 e. The van der Waals surface area contributed by atoms with E-state index in [4.69, 9.17) is 32.7 Å². The van der Waals surface area contributed by atoms with Gasteiger partial charge in [0.1, 0.15) is 12.2 Å². The Morgan fingerprint density at radius 2 is 1.67 bits per heavy atom. The van der Waals surface area contributed by atoms with Crippen molar-refractivity contribution in [1.29, 1.82) is 0 Å². The van der Waals surface area contributed by atoms with Crippen molar-refractivity contribution in [2.24, 2.45) is 0 Å². The topological polar surface area (TPSA) is 47.6 Å². The summed E-state index contributed by atoms with van der Waals surface area (Å²) in [6.07, 6.45) is -0.576. The minimum absolute atomic E-state index is 0.310. The van der Waals surface area contributed by atoms with E-state index in [9.17, 15) is 4.79 Å². The smallest absolute Gasteiger partial charge is 0.412 e. The molecule has 4 nitrogen and oxygen atoms in total. The third-order valence-electron chi connectivity index (χ3n) is 2.87. The van der Waals surface area contributed by atoms with Crippen LogP contribution in [0.1, 0.15) is 26.3 Å². The van der Waals surface area contributed by atoms with E-state index in [1.807, 2.05) is 30.3 Å². The Bertz CT molecular complexity index is 689. The fourth-order valence-corrected chi connectivity index (χ4v) is 2.52. The molecule has 2 aromatic rings. The Labute approximate surface area is 151 Å². The normalized spacial score (nSPS) is 11.0. The second-order valence-corrected chi connectivity index (χ2v) is 6.98. The van der Waals surface area contributed by atoms with E-state index >= 15 is 0 Å². The quantitative estimate of drug-likeness (QED) is 0.729. The van der Waals surface area contributed by atoms with E-state index in [-0.39, 0.29) is 0 Å². The molecule has 0 spiro atoms. The van der Waals surface area contributed by atoms with E-state index in [0.29, 0.717) is 28.1 Å². The van der Waals surface area contributed by atoms with Crippen molar-refractivity contribution in [3.63, 3.8) is 0 Å². The molecule has 0 aliphatic carbocycles. The highest BCUT2D eigenvalue weighted by Crippen LogP contribution is 2.36. The van der Waals surface area contributed by atoms with Crippen molar-refractivity contribution < 1.29 is 14.3 Å². The van der Waals surface area contributed by atoms with Crippen LogP contribution in [0.25, 0.3) is 0 Å². The zero-order valence-corrected chi connectivity index (χ0v) is 15.2. The van der Waals surface area contributed by atoms with Gasteiger partial charge >= 0.3 is 6.09 Å². The van der Waals surface area contributed by atoms with E-state index in [0.717, 1.165) is 5.56 Å². The number of hydrogen-bond acceptors (Lipinski definition) is 3. The van der Waals surface area contributed by atoms with Gasteiger partial charge in [0.15, 0.2) is 5.75 Å². The van der Waals surface area contributed by atoms with Gasteiger partial charge in [0, 0.05) is 5.69 Å². The molecule has 1 amide bonds. The van der Waals surface area contributed by atoms with Gasteiger partial charge in [-0.05, 0) is 38.5 Å².